The first kappa shape index (κ1) is 23.0. The predicted octanol–water partition coefficient (Wildman–Crippen LogP) is 3.66. The topological polar surface area (TPSA) is 73.8 Å². The number of rotatable bonds is 8. The number of likely N-dealkylation sites (tertiary alicyclic amines) is 1. The van der Waals surface area contributed by atoms with Crippen molar-refractivity contribution in [1.82, 2.24) is 10.2 Å². The minimum Gasteiger partial charge on any atom is -0.497 e. The van der Waals surface area contributed by atoms with Crippen LogP contribution in [0.3, 0.4) is 0 Å². The van der Waals surface area contributed by atoms with E-state index >= 15 is 0 Å². The highest BCUT2D eigenvalue weighted by molar-refractivity contribution is 5.89. The van der Waals surface area contributed by atoms with E-state index in [1.165, 1.54) is 17.7 Å². The monoisotopic (exact) mass is 429 g/mol. The Morgan fingerprint density at radius 1 is 1.23 bits per heavy atom. The molecular formula is C24H32FN3O3. The maximum Gasteiger partial charge on any atom is 0.319 e. The molecule has 1 aliphatic heterocycles. The molecule has 0 bridgehead atoms. The van der Waals surface area contributed by atoms with E-state index in [9.17, 15) is 14.3 Å². The van der Waals surface area contributed by atoms with E-state index in [0.717, 1.165) is 32.4 Å². The molecule has 31 heavy (non-hydrogen) atoms. The maximum absolute atomic E-state index is 13.1. The molecule has 1 aliphatic rings. The standard InChI is InChI=1S/C24H32FN3O3/c1-17(26-24(30)27-21-4-3-5-22(15-21)31-2)23(29)16-28-12-10-19(11-13-28)14-18-6-8-20(25)9-7-18/h3-9,15,17,19,23,29H,10-14,16H2,1-2H3,(H2,26,27,30)/t17-,23-/m1/s1. The van der Waals surface area contributed by atoms with Gasteiger partial charge in [0, 0.05) is 18.3 Å². The summed E-state index contributed by atoms with van der Waals surface area (Å²) in [6.07, 6.45) is 2.38. The summed E-state index contributed by atoms with van der Waals surface area (Å²) in [5.74, 6) is 1.03. The van der Waals surface area contributed by atoms with Crippen LogP contribution in [0.25, 0.3) is 0 Å². The van der Waals surface area contributed by atoms with Crippen molar-refractivity contribution in [2.45, 2.75) is 38.3 Å². The van der Waals surface area contributed by atoms with Crippen LogP contribution in [0, 0.1) is 11.7 Å². The summed E-state index contributed by atoms with van der Waals surface area (Å²) in [4.78, 5) is 14.5. The molecule has 1 heterocycles. The van der Waals surface area contributed by atoms with Gasteiger partial charge in [0.15, 0.2) is 0 Å². The number of nitrogens with zero attached hydrogens (tertiary/aromatic N) is 1. The Morgan fingerprint density at radius 2 is 1.94 bits per heavy atom. The van der Waals surface area contributed by atoms with E-state index < -0.39 is 6.10 Å². The van der Waals surface area contributed by atoms with Crippen LogP contribution >= 0.6 is 0 Å². The third-order valence-electron chi connectivity index (χ3n) is 5.85. The van der Waals surface area contributed by atoms with Gasteiger partial charge in [-0.25, -0.2) is 9.18 Å². The lowest BCUT2D eigenvalue weighted by molar-refractivity contribution is 0.0701. The number of nitrogens with one attached hydrogen (secondary N) is 2. The van der Waals surface area contributed by atoms with Gasteiger partial charge >= 0.3 is 6.03 Å². The molecule has 0 spiro atoms. The summed E-state index contributed by atoms with van der Waals surface area (Å²) in [7, 11) is 1.57. The molecule has 0 unspecified atom stereocenters. The summed E-state index contributed by atoms with van der Waals surface area (Å²) in [6, 6.07) is 13.1. The minimum absolute atomic E-state index is 0.201. The molecule has 3 rings (SSSR count). The van der Waals surface area contributed by atoms with Crippen LogP contribution in [-0.4, -0.2) is 54.9 Å². The Balaban J connectivity index is 1.39. The van der Waals surface area contributed by atoms with Crippen molar-refractivity contribution in [1.29, 1.82) is 0 Å². The number of aliphatic hydroxyl groups excluding tert-OH is 1. The Kier molecular flexibility index (Phi) is 8.26. The molecule has 6 nitrogen and oxygen atoms in total. The number of ether oxygens (including phenoxy) is 1. The summed E-state index contributed by atoms with van der Waals surface area (Å²) in [5.41, 5.74) is 1.79. The van der Waals surface area contributed by atoms with E-state index in [2.05, 4.69) is 15.5 Å². The van der Waals surface area contributed by atoms with Crippen LogP contribution in [0.2, 0.25) is 0 Å². The molecule has 3 N–H and O–H groups in total. The van der Waals surface area contributed by atoms with Gasteiger partial charge in [-0.1, -0.05) is 18.2 Å². The number of hydrogen-bond acceptors (Lipinski definition) is 4. The van der Waals surface area contributed by atoms with E-state index in [1.54, 1.807) is 38.3 Å². The van der Waals surface area contributed by atoms with Gasteiger partial charge in [-0.15, -0.1) is 0 Å². The second-order valence-corrected chi connectivity index (χ2v) is 8.26. The SMILES string of the molecule is COc1cccc(NC(=O)N[C@H](C)[C@H](O)CN2CCC(Cc3ccc(F)cc3)CC2)c1. The number of carbonyl (C=O) groups excluding carboxylic acids is 1. The van der Waals surface area contributed by atoms with Gasteiger partial charge in [0.1, 0.15) is 11.6 Å². The zero-order valence-electron chi connectivity index (χ0n) is 18.2. The molecule has 1 fully saturated rings. The molecule has 7 heteroatoms. The fraction of sp³-hybridized carbons (Fsp3) is 0.458. The fourth-order valence-corrected chi connectivity index (χ4v) is 3.92. The molecule has 168 valence electrons. The number of halogens is 1. The van der Waals surface area contributed by atoms with E-state index in [4.69, 9.17) is 4.74 Å². The lowest BCUT2D eigenvalue weighted by Gasteiger charge is -2.34. The fourth-order valence-electron chi connectivity index (χ4n) is 3.92. The number of anilines is 1. The van der Waals surface area contributed by atoms with Gasteiger partial charge in [-0.3, -0.25) is 0 Å². The number of hydrogen-bond donors (Lipinski definition) is 3. The van der Waals surface area contributed by atoms with Crippen molar-refractivity contribution < 1.29 is 19.0 Å². The summed E-state index contributed by atoms with van der Waals surface area (Å²) >= 11 is 0. The lowest BCUT2D eigenvalue weighted by Crippen LogP contribution is -2.49. The highest BCUT2D eigenvalue weighted by Gasteiger charge is 2.24. The minimum atomic E-state index is -0.662. The van der Waals surface area contributed by atoms with Crippen molar-refractivity contribution in [3.05, 3.63) is 59.9 Å². The number of amides is 2. The van der Waals surface area contributed by atoms with Crippen molar-refractivity contribution in [2.75, 3.05) is 32.1 Å². The van der Waals surface area contributed by atoms with Crippen LogP contribution in [-0.2, 0) is 6.42 Å². The Hall–Kier alpha value is -2.64. The lowest BCUT2D eigenvalue weighted by atomic mass is 9.90. The number of aliphatic hydroxyl groups is 1. The third kappa shape index (κ3) is 7.22. The van der Waals surface area contributed by atoms with Crippen molar-refractivity contribution in [2.24, 2.45) is 5.92 Å². The Labute approximate surface area is 183 Å². The van der Waals surface area contributed by atoms with E-state index in [0.29, 0.717) is 23.9 Å². The molecule has 0 aliphatic carbocycles. The highest BCUT2D eigenvalue weighted by Crippen LogP contribution is 2.22. The second kappa shape index (κ2) is 11.1. The van der Waals surface area contributed by atoms with Crippen LogP contribution in [0.4, 0.5) is 14.9 Å². The summed E-state index contributed by atoms with van der Waals surface area (Å²) in [5, 5.41) is 16.1. The van der Waals surface area contributed by atoms with Crippen molar-refractivity contribution >= 4 is 11.7 Å². The Bertz CT molecular complexity index is 838. The van der Waals surface area contributed by atoms with Gasteiger partial charge in [-0.2, -0.15) is 0 Å². The zero-order chi connectivity index (χ0) is 22.2. The summed E-state index contributed by atoms with van der Waals surface area (Å²) < 4.78 is 18.2. The molecular weight excluding hydrogens is 397 g/mol. The van der Waals surface area contributed by atoms with Crippen LogP contribution in [0.5, 0.6) is 5.75 Å². The zero-order valence-corrected chi connectivity index (χ0v) is 18.2. The molecule has 0 aromatic heterocycles. The summed E-state index contributed by atoms with van der Waals surface area (Å²) in [6.45, 7) is 4.14. The quantitative estimate of drug-likeness (QED) is 0.599. The van der Waals surface area contributed by atoms with Gasteiger partial charge < -0.3 is 25.4 Å². The molecule has 0 saturated carbocycles. The highest BCUT2D eigenvalue weighted by atomic mass is 19.1. The van der Waals surface area contributed by atoms with Crippen LogP contribution < -0.4 is 15.4 Å². The average Bonchev–Trinajstić information content (AvgIpc) is 2.76. The largest absolute Gasteiger partial charge is 0.497 e. The van der Waals surface area contributed by atoms with Gasteiger partial charge in [0.25, 0.3) is 0 Å². The second-order valence-electron chi connectivity index (χ2n) is 8.26. The number of carbonyl (C=O) groups is 1. The van der Waals surface area contributed by atoms with Gasteiger partial charge in [0.05, 0.1) is 19.3 Å². The van der Waals surface area contributed by atoms with Gasteiger partial charge in [0.2, 0.25) is 0 Å². The molecule has 1 saturated heterocycles. The third-order valence-corrected chi connectivity index (χ3v) is 5.85. The number of methoxy groups -OCH3 is 1. The number of urea groups is 1. The normalized spacial score (nSPS) is 17.0. The van der Waals surface area contributed by atoms with Crippen molar-refractivity contribution in [3.63, 3.8) is 0 Å². The molecule has 2 aromatic rings. The van der Waals surface area contributed by atoms with E-state index in [1.807, 2.05) is 12.1 Å². The smallest absolute Gasteiger partial charge is 0.319 e. The molecule has 2 atom stereocenters. The maximum atomic E-state index is 13.1. The van der Waals surface area contributed by atoms with E-state index in [-0.39, 0.29) is 17.9 Å². The van der Waals surface area contributed by atoms with Crippen LogP contribution in [0.15, 0.2) is 48.5 Å². The molecule has 2 aromatic carbocycles. The first-order valence-corrected chi connectivity index (χ1v) is 10.8. The number of benzene rings is 2. The molecule has 0 radical (unpaired) electrons. The predicted molar refractivity (Wildman–Crippen MR) is 120 cm³/mol. The molecule has 2 amide bonds. The Morgan fingerprint density at radius 3 is 2.61 bits per heavy atom. The van der Waals surface area contributed by atoms with Gasteiger partial charge in [-0.05, 0) is 75.0 Å². The first-order chi connectivity index (χ1) is 14.9. The first-order valence-electron chi connectivity index (χ1n) is 10.8. The average molecular weight is 430 g/mol. The van der Waals surface area contributed by atoms with Crippen LogP contribution in [0.1, 0.15) is 25.3 Å². The number of β-amino-alcohol motifs (C(OH)–C–C–N with tert-alkyl or cyclic N) is 1. The number of piperidine rings is 1. The van der Waals surface area contributed by atoms with Crippen molar-refractivity contribution in [3.8, 4) is 5.75 Å².